The highest BCUT2D eigenvalue weighted by molar-refractivity contribution is 6.04. The van der Waals surface area contributed by atoms with Crippen LogP contribution in [0.3, 0.4) is 0 Å². The number of rotatable bonds is 5. The molecule has 11 nitrogen and oxygen atoms in total. The second kappa shape index (κ2) is 9.23. The van der Waals surface area contributed by atoms with E-state index in [4.69, 9.17) is 5.73 Å². The number of hydrogen-bond acceptors (Lipinski definition) is 7. The van der Waals surface area contributed by atoms with Crippen LogP contribution in [0.2, 0.25) is 0 Å². The van der Waals surface area contributed by atoms with Gasteiger partial charge in [0, 0.05) is 38.6 Å². The minimum Gasteiger partial charge on any atom is -0.481 e. The van der Waals surface area contributed by atoms with Crippen molar-refractivity contribution in [2.45, 2.75) is 31.1 Å². The number of aromatic nitrogens is 4. The lowest BCUT2D eigenvalue weighted by Crippen LogP contribution is -2.62. The monoisotopic (exact) mass is 488 g/mol. The van der Waals surface area contributed by atoms with Gasteiger partial charge in [0.2, 0.25) is 0 Å². The number of carboxylic acids is 1. The maximum atomic E-state index is 15.6. The number of aliphatic carboxylic acids is 1. The normalized spacial score (nSPS) is 24.6. The molecule has 0 bridgehead atoms. The highest BCUT2D eigenvalue weighted by Gasteiger charge is 2.42. The molecule has 4 N–H and O–H groups in total. The number of carbonyl (C=O) groups is 2. The van der Waals surface area contributed by atoms with Gasteiger partial charge in [-0.1, -0.05) is 0 Å². The van der Waals surface area contributed by atoms with E-state index in [1.54, 1.807) is 29.1 Å². The van der Waals surface area contributed by atoms with Gasteiger partial charge in [-0.25, -0.2) is 28.3 Å². The van der Waals surface area contributed by atoms with Crippen molar-refractivity contribution in [3.05, 3.63) is 48.3 Å². The predicted octanol–water partition coefficient (Wildman–Crippen LogP) is 0.957. The minimum absolute atomic E-state index is 0.00828. The molecule has 3 aromatic rings. The molecule has 1 amide bonds. The number of nitrogens with zero attached hydrogens (tertiary/aromatic N) is 6. The van der Waals surface area contributed by atoms with Gasteiger partial charge >= 0.3 is 5.97 Å². The van der Waals surface area contributed by atoms with E-state index in [0.717, 1.165) is 16.9 Å². The summed E-state index contributed by atoms with van der Waals surface area (Å²) in [5.74, 6) is -2.55. The van der Waals surface area contributed by atoms with Gasteiger partial charge in [0.1, 0.15) is 11.7 Å². The van der Waals surface area contributed by atoms with Crippen molar-refractivity contribution in [3.8, 4) is 0 Å². The van der Waals surface area contributed by atoms with E-state index >= 15 is 4.39 Å². The van der Waals surface area contributed by atoms with Crippen LogP contribution >= 0.6 is 0 Å². The number of nitrogens with two attached hydrogens (primary N) is 1. The lowest BCUT2D eigenvalue weighted by Gasteiger charge is -2.47. The van der Waals surface area contributed by atoms with Crippen LogP contribution in [-0.4, -0.2) is 84.6 Å². The Kier molecular flexibility index (Phi) is 6.11. The van der Waals surface area contributed by atoms with Crippen LogP contribution in [0.1, 0.15) is 29.2 Å². The average Bonchev–Trinajstić information content (AvgIpc) is 3.45. The third-order valence-electron chi connectivity index (χ3n) is 6.78. The number of nitrogens with one attached hydrogen (secondary N) is 1. The zero-order valence-electron chi connectivity index (χ0n) is 18.8. The molecule has 2 saturated heterocycles. The first-order valence-electron chi connectivity index (χ1n) is 11.4. The SMILES string of the molecule is Nc1nn2cc(F)cnc2c1C(=O)NC1CN(N2CCC(C(=O)O)CC2)CC(F)C1n1cccc1. The summed E-state index contributed by atoms with van der Waals surface area (Å²) < 4.78 is 32.0. The average molecular weight is 488 g/mol. The van der Waals surface area contributed by atoms with Gasteiger partial charge in [0.25, 0.3) is 5.91 Å². The number of hydrazine groups is 1. The highest BCUT2D eigenvalue weighted by Crippen LogP contribution is 2.30. The van der Waals surface area contributed by atoms with E-state index in [1.165, 1.54) is 0 Å². The van der Waals surface area contributed by atoms with Crippen LogP contribution in [0.25, 0.3) is 5.65 Å². The molecule has 0 aromatic carbocycles. The molecule has 3 unspecified atom stereocenters. The summed E-state index contributed by atoms with van der Waals surface area (Å²) in [5.41, 5.74) is 6.03. The summed E-state index contributed by atoms with van der Waals surface area (Å²) >= 11 is 0. The van der Waals surface area contributed by atoms with Gasteiger partial charge < -0.3 is 20.7 Å². The van der Waals surface area contributed by atoms with Crippen molar-refractivity contribution >= 4 is 23.3 Å². The van der Waals surface area contributed by atoms with E-state index in [0.29, 0.717) is 32.5 Å². The zero-order valence-corrected chi connectivity index (χ0v) is 18.8. The summed E-state index contributed by atoms with van der Waals surface area (Å²) in [6.07, 6.45) is 5.17. The quantitative estimate of drug-likeness (QED) is 0.484. The van der Waals surface area contributed by atoms with Gasteiger partial charge in [-0.15, -0.1) is 5.10 Å². The number of carbonyl (C=O) groups excluding carboxylic acids is 1. The Labute approximate surface area is 199 Å². The molecule has 2 fully saturated rings. The van der Waals surface area contributed by atoms with E-state index < -0.39 is 41.9 Å². The molecular formula is C22H26F2N8O3. The van der Waals surface area contributed by atoms with Gasteiger partial charge in [0.05, 0.1) is 30.4 Å². The fourth-order valence-corrected chi connectivity index (χ4v) is 5.06. The zero-order chi connectivity index (χ0) is 24.7. The van der Waals surface area contributed by atoms with Crippen molar-refractivity contribution in [2.24, 2.45) is 5.92 Å². The molecule has 5 heterocycles. The Morgan fingerprint density at radius 2 is 1.86 bits per heavy atom. The molecule has 2 aliphatic heterocycles. The van der Waals surface area contributed by atoms with E-state index in [9.17, 15) is 19.1 Å². The fraction of sp³-hybridized carbons (Fsp3) is 0.455. The molecule has 0 radical (unpaired) electrons. The fourth-order valence-electron chi connectivity index (χ4n) is 5.06. The Bertz CT molecular complexity index is 1220. The lowest BCUT2D eigenvalue weighted by atomic mass is 9.95. The number of carboxylic acid groups (broad SMARTS) is 1. The Morgan fingerprint density at radius 3 is 2.54 bits per heavy atom. The first-order valence-corrected chi connectivity index (χ1v) is 11.4. The molecule has 0 aliphatic carbocycles. The molecule has 2 aliphatic rings. The summed E-state index contributed by atoms with van der Waals surface area (Å²) in [6.45, 7) is 1.42. The van der Waals surface area contributed by atoms with Crippen LogP contribution in [0.4, 0.5) is 14.6 Å². The smallest absolute Gasteiger partial charge is 0.306 e. The summed E-state index contributed by atoms with van der Waals surface area (Å²) in [5, 5.41) is 20.0. The molecule has 3 aromatic heterocycles. The Balaban J connectivity index is 1.40. The number of alkyl halides is 1. The summed E-state index contributed by atoms with van der Waals surface area (Å²) in [7, 11) is 0. The van der Waals surface area contributed by atoms with Crippen molar-refractivity contribution < 1.29 is 23.5 Å². The van der Waals surface area contributed by atoms with E-state index in [2.05, 4.69) is 15.4 Å². The first kappa shape index (κ1) is 23.2. The molecule has 5 rings (SSSR count). The van der Waals surface area contributed by atoms with Crippen LogP contribution < -0.4 is 11.1 Å². The number of piperidine rings is 2. The van der Waals surface area contributed by atoms with Gasteiger partial charge in [0.15, 0.2) is 17.3 Å². The number of nitrogen functional groups attached to an aromatic ring is 1. The molecule has 186 valence electrons. The Hall–Kier alpha value is -3.58. The van der Waals surface area contributed by atoms with Crippen LogP contribution in [-0.2, 0) is 4.79 Å². The largest absolute Gasteiger partial charge is 0.481 e. The van der Waals surface area contributed by atoms with Crippen LogP contribution in [0, 0.1) is 11.7 Å². The minimum atomic E-state index is -1.31. The lowest BCUT2D eigenvalue weighted by molar-refractivity contribution is -0.147. The van der Waals surface area contributed by atoms with Crippen molar-refractivity contribution in [2.75, 3.05) is 31.9 Å². The second-order valence-electron chi connectivity index (χ2n) is 8.96. The van der Waals surface area contributed by atoms with E-state index in [1.807, 2.05) is 10.0 Å². The number of fused-ring (bicyclic) bond motifs is 1. The maximum absolute atomic E-state index is 15.6. The first-order chi connectivity index (χ1) is 16.8. The topological polar surface area (TPSA) is 134 Å². The standard InChI is InChI=1S/C22H26F2N8O3/c23-14-9-26-20-17(19(25)28-32(20)10-14)21(33)27-16-12-31(30-7-3-13(4-8-30)22(34)35)11-15(24)18(16)29-5-1-2-6-29/h1-2,5-6,9-10,13,15-16,18H,3-4,7-8,11-12H2,(H2,25,28)(H,27,33)(H,34,35). The summed E-state index contributed by atoms with van der Waals surface area (Å²) in [4.78, 5) is 28.6. The van der Waals surface area contributed by atoms with Crippen LogP contribution in [0.15, 0.2) is 36.9 Å². The predicted molar refractivity (Wildman–Crippen MR) is 120 cm³/mol. The number of hydrogen-bond donors (Lipinski definition) is 3. The number of halogens is 2. The molecule has 13 heteroatoms. The molecule has 0 spiro atoms. The molecule has 35 heavy (non-hydrogen) atoms. The number of anilines is 1. The third kappa shape index (κ3) is 4.44. The highest BCUT2D eigenvalue weighted by atomic mass is 19.1. The second-order valence-corrected chi connectivity index (χ2v) is 8.96. The van der Waals surface area contributed by atoms with Crippen molar-refractivity contribution in [1.82, 2.24) is 34.5 Å². The number of amides is 1. The van der Waals surface area contributed by atoms with Gasteiger partial charge in [-0.05, 0) is 25.0 Å². The van der Waals surface area contributed by atoms with E-state index in [-0.39, 0.29) is 23.6 Å². The van der Waals surface area contributed by atoms with Gasteiger partial charge in [-0.2, -0.15) is 0 Å². The molecular weight excluding hydrogens is 462 g/mol. The molecule has 3 atom stereocenters. The van der Waals surface area contributed by atoms with Crippen molar-refractivity contribution in [1.29, 1.82) is 0 Å². The van der Waals surface area contributed by atoms with Crippen LogP contribution in [0.5, 0.6) is 0 Å². The van der Waals surface area contributed by atoms with Crippen molar-refractivity contribution in [3.63, 3.8) is 0 Å². The third-order valence-corrected chi connectivity index (χ3v) is 6.78. The Morgan fingerprint density at radius 1 is 1.14 bits per heavy atom. The maximum Gasteiger partial charge on any atom is 0.306 e. The summed E-state index contributed by atoms with van der Waals surface area (Å²) in [6, 6.07) is 2.26. The van der Waals surface area contributed by atoms with Gasteiger partial charge in [-0.3, -0.25) is 9.59 Å². The molecule has 0 saturated carbocycles.